The topological polar surface area (TPSA) is 108 Å². The molecule has 1 aliphatic carbocycles. The van der Waals surface area contributed by atoms with Gasteiger partial charge in [-0.25, -0.2) is 9.59 Å². The van der Waals surface area contributed by atoms with Gasteiger partial charge in [-0.3, -0.25) is 4.79 Å². The van der Waals surface area contributed by atoms with Gasteiger partial charge in [-0.2, -0.15) is 0 Å². The molecule has 8 heteroatoms. The van der Waals surface area contributed by atoms with Gasteiger partial charge in [-0.1, -0.05) is 54.6 Å². The number of fused-ring (bicyclic) bond motifs is 3. The maximum atomic E-state index is 12.6. The summed E-state index contributed by atoms with van der Waals surface area (Å²) >= 11 is 0. The lowest BCUT2D eigenvalue weighted by Gasteiger charge is -2.22. The highest BCUT2D eigenvalue weighted by atomic mass is 16.5. The number of hydrogen-bond donors (Lipinski definition) is 3. The molecule has 1 aliphatic rings. The van der Waals surface area contributed by atoms with Crippen LogP contribution >= 0.6 is 0 Å². The average Bonchev–Trinajstić information content (AvgIpc) is 3.10. The summed E-state index contributed by atoms with van der Waals surface area (Å²) in [7, 11) is 3.41. The number of rotatable bonds is 10. The zero-order valence-corrected chi connectivity index (χ0v) is 18.8. The first-order chi connectivity index (χ1) is 15.8. The van der Waals surface area contributed by atoms with E-state index in [1.807, 2.05) is 48.5 Å². The summed E-state index contributed by atoms with van der Waals surface area (Å²) < 4.78 is 5.49. The molecule has 2 aromatic rings. The Labute approximate surface area is 193 Å². The molecule has 2 amide bonds. The van der Waals surface area contributed by atoms with Gasteiger partial charge in [0.15, 0.2) is 0 Å². The quantitative estimate of drug-likeness (QED) is 0.479. The van der Waals surface area contributed by atoms with Crippen LogP contribution in [0.15, 0.2) is 61.2 Å². The number of amides is 2. The van der Waals surface area contributed by atoms with Gasteiger partial charge in [0.05, 0.1) is 0 Å². The number of carboxylic acids is 1. The van der Waals surface area contributed by atoms with Crippen molar-refractivity contribution in [3.8, 4) is 11.1 Å². The fourth-order valence-corrected chi connectivity index (χ4v) is 4.00. The first-order valence-electron chi connectivity index (χ1n) is 10.7. The van der Waals surface area contributed by atoms with E-state index in [-0.39, 0.29) is 25.5 Å². The fraction of sp³-hybridized carbons (Fsp3) is 0.320. The van der Waals surface area contributed by atoms with Crippen LogP contribution in [0.1, 0.15) is 23.5 Å². The standard InChI is InChI=1S/C25H29N3O5/c1-4-9-21(23(29)26-22(24(30)31)14-28(2)3)27-25(32)33-15-20-18-12-7-5-10-16(18)17-11-6-8-13-19(17)20/h4-8,10-13,20-22H,1,9,14-15H2,2-3H3,(H,26,29)(H,27,32)(H,30,31). The number of carbonyl (C=O) groups is 3. The highest BCUT2D eigenvalue weighted by Gasteiger charge is 2.30. The number of carbonyl (C=O) groups excluding carboxylic acids is 2. The molecule has 174 valence electrons. The number of nitrogens with one attached hydrogen (secondary N) is 2. The van der Waals surface area contributed by atoms with Gasteiger partial charge in [0.1, 0.15) is 18.7 Å². The first kappa shape index (κ1) is 24.0. The third kappa shape index (κ3) is 5.78. The minimum atomic E-state index is -1.16. The molecule has 2 atom stereocenters. The molecule has 0 aromatic heterocycles. The second-order valence-corrected chi connectivity index (χ2v) is 8.21. The minimum absolute atomic E-state index is 0.105. The fourth-order valence-electron chi connectivity index (χ4n) is 4.00. The molecule has 33 heavy (non-hydrogen) atoms. The summed E-state index contributed by atoms with van der Waals surface area (Å²) in [6.07, 6.45) is 0.860. The zero-order valence-electron chi connectivity index (χ0n) is 18.8. The van der Waals surface area contributed by atoms with Crippen molar-refractivity contribution in [2.24, 2.45) is 0 Å². The number of hydrogen-bond acceptors (Lipinski definition) is 5. The predicted molar refractivity (Wildman–Crippen MR) is 125 cm³/mol. The van der Waals surface area contributed by atoms with E-state index in [1.165, 1.54) is 6.08 Å². The normalized spacial score (nSPS) is 14.0. The summed E-state index contributed by atoms with van der Waals surface area (Å²) in [6, 6.07) is 13.9. The molecule has 0 aliphatic heterocycles. The molecule has 0 bridgehead atoms. The van der Waals surface area contributed by atoms with E-state index in [0.29, 0.717) is 0 Å². The lowest BCUT2D eigenvalue weighted by molar-refractivity contribution is -0.142. The predicted octanol–water partition coefficient (Wildman–Crippen LogP) is 2.60. The van der Waals surface area contributed by atoms with Crippen molar-refractivity contribution >= 4 is 18.0 Å². The molecule has 0 radical (unpaired) electrons. The van der Waals surface area contributed by atoms with E-state index in [9.17, 15) is 19.5 Å². The Hall–Kier alpha value is -3.65. The Balaban J connectivity index is 1.64. The molecule has 0 spiro atoms. The second kappa shape index (κ2) is 10.8. The lowest BCUT2D eigenvalue weighted by atomic mass is 9.98. The molecule has 0 fully saturated rings. The molecule has 2 aromatic carbocycles. The van der Waals surface area contributed by atoms with E-state index in [0.717, 1.165) is 22.3 Å². The summed E-state index contributed by atoms with van der Waals surface area (Å²) in [5, 5.41) is 14.4. The van der Waals surface area contributed by atoms with Crippen LogP contribution in [0, 0.1) is 0 Å². The summed E-state index contributed by atoms with van der Waals surface area (Å²) in [5.74, 6) is -1.88. The Morgan fingerprint density at radius 3 is 2.12 bits per heavy atom. The molecule has 3 N–H and O–H groups in total. The van der Waals surface area contributed by atoms with Crippen molar-refractivity contribution in [1.82, 2.24) is 15.5 Å². The Kier molecular flexibility index (Phi) is 7.84. The monoisotopic (exact) mass is 451 g/mol. The van der Waals surface area contributed by atoms with Crippen LogP contribution in [-0.4, -0.2) is 67.3 Å². The van der Waals surface area contributed by atoms with E-state index < -0.39 is 30.1 Å². The first-order valence-corrected chi connectivity index (χ1v) is 10.7. The number of ether oxygens (including phenoxy) is 1. The van der Waals surface area contributed by atoms with Crippen LogP contribution in [0.2, 0.25) is 0 Å². The van der Waals surface area contributed by atoms with E-state index in [4.69, 9.17) is 4.74 Å². The second-order valence-electron chi connectivity index (χ2n) is 8.21. The molecular weight excluding hydrogens is 422 g/mol. The van der Waals surface area contributed by atoms with Crippen LogP contribution in [-0.2, 0) is 14.3 Å². The number of nitrogens with zero attached hydrogens (tertiary/aromatic N) is 1. The third-order valence-electron chi connectivity index (χ3n) is 5.52. The number of aliphatic carboxylic acids is 1. The van der Waals surface area contributed by atoms with Crippen molar-refractivity contribution in [2.75, 3.05) is 27.2 Å². The smallest absolute Gasteiger partial charge is 0.407 e. The maximum Gasteiger partial charge on any atom is 0.407 e. The van der Waals surface area contributed by atoms with Crippen molar-refractivity contribution in [3.63, 3.8) is 0 Å². The van der Waals surface area contributed by atoms with Gasteiger partial charge < -0.3 is 25.4 Å². The molecule has 2 unspecified atom stereocenters. The Bertz CT molecular complexity index is 991. The Morgan fingerprint density at radius 1 is 1.03 bits per heavy atom. The molecule has 0 saturated carbocycles. The molecular formula is C25H29N3O5. The van der Waals surface area contributed by atoms with Crippen molar-refractivity contribution in [3.05, 3.63) is 72.3 Å². The minimum Gasteiger partial charge on any atom is -0.480 e. The van der Waals surface area contributed by atoms with Crippen molar-refractivity contribution in [1.29, 1.82) is 0 Å². The van der Waals surface area contributed by atoms with Gasteiger partial charge in [0.25, 0.3) is 0 Å². The largest absolute Gasteiger partial charge is 0.480 e. The Morgan fingerprint density at radius 2 is 1.61 bits per heavy atom. The molecule has 8 nitrogen and oxygen atoms in total. The van der Waals surface area contributed by atoms with Gasteiger partial charge in [0.2, 0.25) is 5.91 Å². The van der Waals surface area contributed by atoms with E-state index in [2.05, 4.69) is 17.2 Å². The summed E-state index contributed by atoms with van der Waals surface area (Å²) in [4.78, 5) is 38.3. The highest BCUT2D eigenvalue weighted by molar-refractivity contribution is 5.89. The summed E-state index contributed by atoms with van der Waals surface area (Å²) in [5.41, 5.74) is 4.40. The SMILES string of the molecule is C=CCC(NC(=O)OCC1c2ccccc2-c2ccccc21)C(=O)NC(CN(C)C)C(=O)O. The summed E-state index contributed by atoms with van der Waals surface area (Å²) in [6.45, 7) is 3.84. The number of likely N-dealkylation sites (N-methyl/N-ethyl adjacent to an activating group) is 1. The number of carboxylic acid groups (broad SMARTS) is 1. The third-order valence-corrected chi connectivity index (χ3v) is 5.52. The van der Waals surface area contributed by atoms with Gasteiger partial charge in [-0.15, -0.1) is 6.58 Å². The number of benzene rings is 2. The van der Waals surface area contributed by atoms with Gasteiger partial charge >= 0.3 is 12.1 Å². The van der Waals surface area contributed by atoms with Crippen molar-refractivity contribution in [2.45, 2.75) is 24.4 Å². The van der Waals surface area contributed by atoms with Crippen LogP contribution in [0.4, 0.5) is 4.79 Å². The van der Waals surface area contributed by atoms with Crippen LogP contribution in [0.5, 0.6) is 0 Å². The molecule has 3 rings (SSSR count). The highest BCUT2D eigenvalue weighted by Crippen LogP contribution is 2.44. The van der Waals surface area contributed by atoms with Crippen LogP contribution < -0.4 is 10.6 Å². The van der Waals surface area contributed by atoms with Crippen LogP contribution in [0.3, 0.4) is 0 Å². The van der Waals surface area contributed by atoms with E-state index in [1.54, 1.807) is 19.0 Å². The molecule has 0 saturated heterocycles. The van der Waals surface area contributed by atoms with Gasteiger partial charge in [-0.05, 0) is 42.8 Å². The average molecular weight is 452 g/mol. The van der Waals surface area contributed by atoms with E-state index >= 15 is 0 Å². The van der Waals surface area contributed by atoms with Crippen LogP contribution in [0.25, 0.3) is 11.1 Å². The lowest BCUT2D eigenvalue weighted by Crippen LogP contribution is -2.54. The molecule has 0 heterocycles. The van der Waals surface area contributed by atoms with Gasteiger partial charge in [0, 0.05) is 12.5 Å². The maximum absolute atomic E-state index is 12.6. The van der Waals surface area contributed by atoms with Crippen molar-refractivity contribution < 1.29 is 24.2 Å². The zero-order chi connectivity index (χ0) is 24.0. The number of alkyl carbamates (subject to hydrolysis) is 1.